The van der Waals surface area contributed by atoms with Crippen LogP contribution in [0.2, 0.25) is 0 Å². The van der Waals surface area contributed by atoms with Gasteiger partial charge in [-0.05, 0) is 36.6 Å². The van der Waals surface area contributed by atoms with Gasteiger partial charge in [-0.1, -0.05) is 42.5 Å². The van der Waals surface area contributed by atoms with E-state index in [2.05, 4.69) is 35.6 Å². The number of carbonyl (C=O) groups excluding carboxylic acids is 1. The second-order valence-corrected chi connectivity index (χ2v) is 5.25. The summed E-state index contributed by atoms with van der Waals surface area (Å²) in [5.74, 6) is -0.340. The third-order valence-corrected chi connectivity index (χ3v) is 3.07. The molecule has 0 saturated carbocycles. The van der Waals surface area contributed by atoms with Crippen LogP contribution in [0.15, 0.2) is 42.5 Å². The highest BCUT2D eigenvalue weighted by molar-refractivity contribution is 5.84. The van der Waals surface area contributed by atoms with Crippen molar-refractivity contribution in [3.63, 3.8) is 0 Å². The summed E-state index contributed by atoms with van der Waals surface area (Å²) in [6.45, 7) is 3.50. The smallest absolute Gasteiger partial charge is 0.251 e. The van der Waals surface area contributed by atoms with Crippen molar-refractivity contribution >= 4 is 16.7 Å². The Bertz CT molecular complexity index is 585. The predicted molar refractivity (Wildman–Crippen MR) is 77.0 cm³/mol. The first-order valence-corrected chi connectivity index (χ1v) is 6.45. The minimum absolute atomic E-state index is 0.340. The monoisotopic (exact) mass is 257 g/mol. The van der Waals surface area contributed by atoms with E-state index in [1.165, 1.54) is 30.2 Å². The molecule has 19 heavy (non-hydrogen) atoms. The molecule has 0 radical (unpaired) electrons. The van der Waals surface area contributed by atoms with E-state index in [0.29, 0.717) is 6.54 Å². The Kier molecular flexibility index (Phi) is 3.86. The van der Waals surface area contributed by atoms with E-state index in [-0.39, 0.29) is 5.91 Å². The minimum atomic E-state index is -1.32. The second kappa shape index (κ2) is 5.41. The van der Waals surface area contributed by atoms with E-state index in [4.69, 9.17) is 0 Å². The lowest BCUT2D eigenvalue weighted by molar-refractivity contribution is -0.136. The Morgan fingerprint density at radius 1 is 1.16 bits per heavy atom. The van der Waals surface area contributed by atoms with Crippen molar-refractivity contribution in [1.29, 1.82) is 0 Å². The summed E-state index contributed by atoms with van der Waals surface area (Å²) < 4.78 is 0. The number of nitrogens with one attached hydrogen (secondary N) is 1. The van der Waals surface area contributed by atoms with Crippen LogP contribution >= 0.6 is 0 Å². The molecule has 2 aromatic rings. The summed E-state index contributed by atoms with van der Waals surface area (Å²) in [5, 5.41) is 14.7. The first-order chi connectivity index (χ1) is 8.97. The third kappa shape index (κ3) is 3.55. The Morgan fingerprint density at radius 3 is 2.53 bits per heavy atom. The summed E-state index contributed by atoms with van der Waals surface area (Å²) >= 11 is 0. The van der Waals surface area contributed by atoms with Gasteiger partial charge in [0, 0.05) is 6.54 Å². The van der Waals surface area contributed by atoms with Crippen molar-refractivity contribution < 1.29 is 9.90 Å². The topological polar surface area (TPSA) is 49.3 Å². The van der Waals surface area contributed by atoms with E-state index in [1.54, 1.807) is 0 Å². The number of hydrogen-bond donors (Lipinski definition) is 2. The van der Waals surface area contributed by atoms with Gasteiger partial charge in [0.2, 0.25) is 0 Å². The number of carbonyl (C=O) groups is 1. The Balaban J connectivity index is 1.97. The van der Waals surface area contributed by atoms with Crippen LogP contribution in [0.3, 0.4) is 0 Å². The molecular formula is C16H19NO2. The van der Waals surface area contributed by atoms with Crippen molar-refractivity contribution in [2.45, 2.75) is 25.9 Å². The first kappa shape index (κ1) is 13.6. The van der Waals surface area contributed by atoms with Crippen LogP contribution in [0.5, 0.6) is 0 Å². The third-order valence-electron chi connectivity index (χ3n) is 3.07. The molecule has 2 rings (SSSR count). The molecule has 0 fully saturated rings. The van der Waals surface area contributed by atoms with Gasteiger partial charge >= 0.3 is 0 Å². The fourth-order valence-electron chi connectivity index (χ4n) is 1.93. The fourth-order valence-corrected chi connectivity index (χ4v) is 1.93. The van der Waals surface area contributed by atoms with E-state index < -0.39 is 5.60 Å². The molecular weight excluding hydrogens is 238 g/mol. The van der Waals surface area contributed by atoms with E-state index in [1.807, 2.05) is 12.1 Å². The molecule has 1 amide bonds. The van der Waals surface area contributed by atoms with Gasteiger partial charge in [-0.15, -0.1) is 0 Å². The molecule has 2 N–H and O–H groups in total. The van der Waals surface area contributed by atoms with Crippen LogP contribution in [0.25, 0.3) is 10.8 Å². The molecule has 100 valence electrons. The molecule has 2 aromatic carbocycles. The van der Waals surface area contributed by atoms with Crippen LogP contribution in [0, 0.1) is 0 Å². The molecule has 0 heterocycles. The number of fused-ring (bicyclic) bond motifs is 1. The van der Waals surface area contributed by atoms with E-state index in [9.17, 15) is 9.90 Å². The van der Waals surface area contributed by atoms with E-state index in [0.717, 1.165) is 6.42 Å². The van der Waals surface area contributed by atoms with Crippen molar-refractivity contribution in [2.24, 2.45) is 0 Å². The zero-order chi connectivity index (χ0) is 13.9. The Labute approximate surface area is 113 Å². The van der Waals surface area contributed by atoms with Gasteiger partial charge in [0.25, 0.3) is 5.91 Å². The lowest BCUT2D eigenvalue weighted by Gasteiger charge is -2.16. The van der Waals surface area contributed by atoms with Gasteiger partial charge in [-0.25, -0.2) is 0 Å². The maximum absolute atomic E-state index is 11.5. The highest BCUT2D eigenvalue weighted by Gasteiger charge is 2.22. The predicted octanol–water partition coefficient (Wildman–Crippen LogP) is 2.27. The molecule has 0 bridgehead atoms. The van der Waals surface area contributed by atoms with Gasteiger partial charge in [0.1, 0.15) is 5.60 Å². The van der Waals surface area contributed by atoms with Crippen molar-refractivity contribution in [3.05, 3.63) is 48.0 Å². The molecule has 0 aromatic heterocycles. The van der Waals surface area contributed by atoms with E-state index >= 15 is 0 Å². The lowest BCUT2D eigenvalue weighted by Crippen LogP contribution is -2.42. The summed E-state index contributed by atoms with van der Waals surface area (Å²) in [7, 11) is 0. The Morgan fingerprint density at radius 2 is 1.84 bits per heavy atom. The average Bonchev–Trinajstić information content (AvgIpc) is 2.37. The van der Waals surface area contributed by atoms with Crippen molar-refractivity contribution in [1.82, 2.24) is 5.32 Å². The summed E-state index contributed by atoms with van der Waals surface area (Å²) in [5.41, 5.74) is -0.140. The SMILES string of the molecule is CC(C)(O)C(=O)NCCc1ccc2ccccc2c1. The zero-order valence-corrected chi connectivity index (χ0v) is 11.3. The normalized spacial score (nSPS) is 11.5. The molecule has 0 aliphatic rings. The molecule has 0 unspecified atom stereocenters. The highest BCUT2D eigenvalue weighted by Crippen LogP contribution is 2.15. The summed E-state index contributed by atoms with van der Waals surface area (Å²) in [6.07, 6.45) is 0.757. The molecule has 0 spiro atoms. The minimum Gasteiger partial charge on any atom is -0.381 e. The standard InChI is InChI=1S/C16H19NO2/c1-16(2,19)15(18)17-10-9-12-7-8-13-5-3-4-6-14(13)11-12/h3-8,11,19H,9-10H2,1-2H3,(H,17,18). The maximum atomic E-state index is 11.5. The summed E-state index contributed by atoms with van der Waals surface area (Å²) in [4.78, 5) is 11.5. The Hall–Kier alpha value is -1.87. The molecule has 3 heteroatoms. The highest BCUT2D eigenvalue weighted by atomic mass is 16.3. The number of benzene rings is 2. The largest absolute Gasteiger partial charge is 0.381 e. The van der Waals surface area contributed by atoms with Crippen LogP contribution < -0.4 is 5.32 Å². The first-order valence-electron chi connectivity index (χ1n) is 6.45. The zero-order valence-electron chi connectivity index (χ0n) is 11.3. The number of aliphatic hydroxyl groups is 1. The van der Waals surface area contributed by atoms with Gasteiger partial charge in [-0.3, -0.25) is 4.79 Å². The molecule has 0 atom stereocenters. The number of amides is 1. The quantitative estimate of drug-likeness (QED) is 0.882. The molecule has 0 aliphatic heterocycles. The van der Waals surface area contributed by atoms with Gasteiger partial charge in [-0.2, -0.15) is 0 Å². The molecule has 3 nitrogen and oxygen atoms in total. The van der Waals surface area contributed by atoms with Crippen molar-refractivity contribution in [2.75, 3.05) is 6.54 Å². The van der Waals surface area contributed by atoms with Gasteiger partial charge in [0.15, 0.2) is 0 Å². The van der Waals surface area contributed by atoms with Gasteiger partial charge in [0.05, 0.1) is 0 Å². The fraction of sp³-hybridized carbons (Fsp3) is 0.312. The molecule has 0 aliphatic carbocycles. The number of rotatable bonds is 4. The molecule has 0 saturated heterocycles. The lowest BCUT2D eigenvalue weighted by atomic mass is 10.0. The second-order valence-electron chi connectivity index (χ2n) is 5.25. The number of hydrogen-bond acceptors (Lipinski definition) is 2. The maximum Gasteiger partial charge on any atom is 0.251 e. The van der Waals surface area contributed by atoms with Crippen LogP contribution in [-0.2, 0) is 11.2 Å². The average molecular weight is 257 g/mol. The van der Waals surface area contributed by atoms with Crippen molar-refractivity contribution in [3.8, 4) is 0 Å². The van der Waals surface area contributed by atoms with Gasteiger partial charge < -0.3 is 10.4 Å². The van der Waals surface area contributed by atoms with Crippen LogP contribution in [-0.4, -0.2) is 23.2 Å². The van der Waals surface area contributed by atoms with Crippen LogP contribution in [0.4, 0.5) is 0 Å². The van der Waals surface area contributed by atoms with Crippen LogP contribution in [0.1, 0.15) is 19.4 Å². The summed E-state index contributed by atoms with van der Waals surface area (Å²) in [6, 6.07) is 14.5.